The highest BCUT2D eigenvalue weighted by molar-refractivity contribution is 5.27. The van der Waals surface area contributed by atoms with Gasteiger partial charge in [0.25, 0.3) is 0 Å². The fourth-order valence-electron chi connectivity index (χ4n) is 2.06. The second kappa shape index (κ2) is 3.62. The lowest BCUT2D eigenvalue weighted by atomic mass is 9.80. The summed E-state index contributed by atoms with van der Waals surface area (Å²) >= 11 is 0. The maximum absolute atomic E-state index is 9.17. The van der Waals surface area contributed by atoms with Gasteiger partial charge in [0.15, 0.2) is 0 Å². The van der Waals surface area contributed by atoms with Crippen molar-refractivity contribution in [3.63, 3.8) is 0 Å². The predicted molar refractivity (Wildman–Crippen MR) is 57.5 cm³/mol. The van der Waals surface area contributed by atoms with Gasteiger partial charge in [-0.1, -0.05) is 19.1 Å². The molecule has 1 atom stereocenters. The Hall–Kier alpha value is -1.02. The number of phenolic OH excluding ortho intramolecular Hbond substituents is 1. The molecule has 1 aliphatic heterocycles. The number of hydrogen-bond acceptors (Lipinski definition) is 2. The van der Waals surface area contributed by atoms with E-state index in [2.05, 4.69) is 12.2 Å². The molecule has 2 heteroatoms. The molecule has 0 bridgehead atoms. The van der Waals surface area contributed by atoms with Crippen LogP contribution in [0.5, 0.6) is 5.75 Å². The molecular weight excluding hydrogens is 174 g/mol. The number of aromatic hydroxyl groups is 1. The minimum absolute atomic E-state index is 0.330. The highest BCUT2D eigenvalue weighted by Gasteiger charge is 2.34. The number of nitrogens with one attached hydrogen (secondary N) is 1. The van der Waals surface area contributed by atoms with E-state index in [0.29, 0.717) is 11.3 Å². The standard InChI is InChI=1S/C12H17NO/c1-2-12(7-8-13-12)9-10-3-5-11(14)6-4-10/h3-6,13-14H,2,7-9H2,1H3. The van der Waals surface area contributed by atoms with Gasteiger partial charge in [-0.2, -0.15) is 0 Å². The van der Waals surface area contributed by atoms with Gasteiger partial charge in [0.05, 0.1) is 0 Å². The minimum Gasteiger partial charge on any atom is -0.508 e. The lowest BCUT2D eigenvalue weighted by molar-refractivity contribution is 0.198. The molecule has 1 fully saturated rings. The van der Waals surface area contributed by atoms with E-state index in [1.165, 1.54) is 18.4 Å². The van der Waals surface area contributed by atoms with Gasteiger partial charge in [-0.05, 0) is 43.5 Å². The molecule has 0 amide bonds. The average Bonchev–Trinajstić information content (AvgIpc) is 2.15. The number of rotatable bonds is 3. The number of benzene rings is 1. The first kappa shape index (κ1) is 9.53. The molecule has 14 heavy (non-hydrogen) atoms. The normalized spacial score (nSPS) is 25.8. The third-order valence-corrected chi connectivity index (χ3v) is 3.26. The zero-order valence-electron chi connectivity index (χ0n) is 8.59. The van der Waals surface area contributed by atoms with E-state index in [-0.39, 0.29) is 0 Å². The SMILES string of the molecule is CCC1(Cc2ccc(O)cc2)CCN1. The molecular formula is C12H17NO. The fourth-order valence-corrected chi connectivity index (χ4v) is 2.06. The molecule has 2 rings (SSSR count). The van der Waals surface area contributed by atoms with Crippen LogP contribution in [0.25, 0.3) is 0 Å². The molecule has 1 aromatic carbocycles. The van der Waals surface area contributed by atoms with Gasteiger partial charge in [-0.15, -0.1) is 0 Å². The molecule has 2 N–H and O–H groups in total. The summed E-state index contributed by atoms with van der Waals surface area (Å²) in [5.74, 6) is 0.348. The highest BCUT2D eigenvalue weighted by Crippen LogP contribution is 2.27. The van der Waals surface area contributed by atoms with E-state index in [1.807, 2.05) is 12.1 Å². The molecule has 0 saturated carbocycles. The highest BCUT2D eigenvalue weighted by atomic mass is 16.3. The summed E-state index contributed by atoms with van der Waals surface area (Å²) in [5, 5.41) is 12.7. The Balaban J connectivity index is 2.06. The molecule has 1 heterocycles. The van der Waals surface area contributed by atoms with E-state index in [4.69, 9.17) is 5.11 Å². The zero-order valence-corrected chi connectivity index (χ0v) is 8.59. The van der Waals surface area contributed by atoms with Crippen molar-refractivity contribution in [1.29, 1.82) is 0 Å². The van der Waals surface area contributed by atoms with Crippen LogP contribution in [0, 0.1) is 0 Å². The van der Waals surface area contributed by atoms with Crippen molar-refractivity contribution < 1.29 is 5.11 Å². The first-order valence-electron chi connectivity index (χ1n) is 5.27. The Labute approximate surface area is 85.0 Å². The van der Waals surface area contributed by atoms with Crippen LogP contribution in [0.3, 0.4) is 0 Å². The van der Waals surface area contributed by atoms with Crippen LogP contribution in [0.4, 0.5) is 0 Å². The Morgan fingerprint density at radius 3 is 2.43 bits per heavy atom. The smallest absolute Gasteiger partial charge is 0.115 e. The zero-order chi connectivity index (χ0) is 10.0. The summed E-state index contributed by atoms with van der Waals surface area (Å²) in [4.78, 5) is 0. The first-order chi connectivity index (χ1) is 6.74. The molecule has 0 radical (unpaired) electrons. The molecule has 1 unspecified atom stereocenters. The minimum atomic E-state index is 0.330. The van der Waals surface area contributed by atoms with Gasteiger partial charge in [0.1, 0.15) is 5.75 Å². The molecule has 1 saturated heterocycles. The van der Waals surface area contributed by atoms with Gasteiger partial charge in [-0.25, -0.2) is 0 Å². The van der Waals surface area contributed by atoms with Gasteiger partial charge in [0.2, 0.25) is 0 Å². The Morgan fingerprint density at radius 1 is 1.36 bits per heavy atom. The monoisotopic (exact) mass is 191 g/mol. The van der Waals surface area contributed by atoms with Gasteiger partial charge < -0.3 is 10.4 Å². The summed E-state index contributed by atoms with van der Waals surface area (Å²) < 4.78 is 0. The van der Waals surface area contributed by atoms with Crippen molar-refractivity contribution in [3.05, 3.63) is 29.8 Å². The van der Waals surface area contributed by atoms with E-state index < -0.39 is 0 Å². The summed E-state index contributed by atoms with van der Waals surface area (Å²) in [6.45, 7) is 3.37. The van der Waals surface area contributed by atoms with Crippen LogP contribution >= 0.6 is 0 Å². The Bertz CT molecular complexity index is 295. The van der Waals surface area contributed by atoms with Crippen molar-refractivity contribution in [2.45, 2.75) is 31.7 Å². The van der Waals surface area contributed by atoms with Crippen molar-refractivity contribution >= 4 is 0 Å². The fraction of sp³-hybridized carbons (Fsp3) is 0.500. The summed E-state index contributed by atoms with van der Waals surface area (Å²) in [7, 11) is 0. The summed E-state index contributed by atoms with van der Waals surface area (Å²) in [6.07, 6.45) is 3.52. The second-order valence-electron chi connectivity index (χ2n) is 4.15. The molecule has 0 aromatic heterocycles. The van der Waals surface area contributed by atoms with Crippen molar-refractivity contribution in [2.75, 3.05) is 6.54 Å². The van der Waals surface area contributed by atoms with Crippen molar-refractivity contribution in [3.8, 4) is 5.75 Å². The molecule has 2 nitrogen and oxygen atoms in total. The van der Waals surface area contributed by atoms with E-state index in [1.54, 1.807) is 12.1 Å². The maximum Gasteiger partial charge on any atom is 0.115 e. The summed E-state index contributed by atoms with van der Waals surface area (Å²) in [5.41, 5.74) is 1.63. The largest absolute Gasteiger partial charge is 0.508 e. The summed E-state index contributed by atoms with van der Waals surface area (Å²) in [6, 6.07) is 7.54. The molecule has 0 aliphatic carbocycles. The molecule has 1 aromatic rings. The molecule has 1 aliphatic rings. The quantitative estimate of drug-likeness (QED) is 0.766. The van der Waals surface area contributed by atoms with Gasteiger partial charge in [0, 0.05) is 5.54 Å². The third kappa shape index (κ3) is 1.75. The predicted octanol–water partition coefficient (Wildman–Crippen LogP) is 2.08. The van der Waals surface area contributed by atoms with Crippen molar-refractivity contribution in [2.24, 2.45) is 0 Å². The van der Waals surface area contributed by atoms with Gasteiger partial charge >= 0.3 is 0 Å². The van der Waals surface area contributed by atoms with Crippen LogP contribution in [-0.4, -0.2) is 17.2 Å². The number of phenols is 1. The average molecular weight is 191 g/mol. The van der Waals surface area contributed by atoms with Crippen LogP contribution < -0.4 is 5.32 Å². The Kier molecular flexibility index (Phi) is 2.46. The van der Waals surface area contributed by atoms with E-state index in [9.17, 15) is 0 Å². The Morgan fingerprint density at radius 2 is 2.00 bits per heavy atom. The lowest BCUT2D eigenvalue weighted by Crippen LogP contribution is -2.57. The topological polar surface area (TPSA) is 32.3 Å². The van der Waals surface area contributed by atoms with Crippen LogP contribution in [-0.2, 0) is 6.42 Å². The van der Waals surface area contributed by atoms with Crippen LogP contribution in [0.2, 0.25) is 0 Å². The number of hydrogen-bond donors (Lipinski definition) is 2. The second-order valence-corrected chi connectivity index (χ2v) is 4.15. The lowest BCUT2D eigenvalue weighted by Gasteiger charge is -2.43. The van der Waals surface area contributed by atoms with Crippen molar-refractivity contribution in [1.82, 2.24) is 5.32 Å². The van der Waals surface area contributed by atoms with E-state index in [0.717, 1.165) is 13.0 Å². The molecule has 0 spiro atoms. The molecule has 76 valence electrons. The third-order valence-electron chi connectivity index (χ3n) is 3.26. The van der Waals surface area contributed by atoms with E-state index >= 15 is 0 Å². The first-order valence-corrected chi connectivity index (χ1v) is 5.27. The maximum atomic E-state index is 9.17. The van der Waals surface area contributed by atoms with Crippen LogP contribution in [0.1, 0.15) is 25.3 Å². The van der Waals surface area contributed by atoms with Crippen LogP contribution in [0.15, 0.2) is 24.3 Å². The van der Waals surface area contributed by atoms with Gasteiger partial charge in [-0.3, -0.25) is 0 Å².